The number of aromatic amines is 1. The minimum Gasteiger partial charge on any atom is -0.449 e. The van der Waals surface area contributed by atoms with E-state index in [1.165, 1.54) is 0 Å². The SMILES string of the molecule is NC(=O)OCCc1cccc(-c2ccnc3[nH]c4ccc(Cl)cc4c23)c1. The molecule has 2 heterocycles. The molecule has 0 fully saturated rings. The number of pyridine rings is 1. The molecule has 0 unspecified atom stereocenters. The van der Waals surface area contributed by atoms with Crippen LogP contribution in [0.4, 0.5) is 4.79 Å². The van der Waals surface area contributed by atoms with Crippen molar-refractivity contribution in [3.63, 3.8) is 0 Å². The number of fused-ring (bicyclic) bond motifs is 3. The number of carbonyl (C=O) groups excluding carboxylic acids is 1. The van der Waals surface area contributed by atoms with Gasteiger partial charge in [-0.2, -0.15) is 0 Å². The second-order valence-corrected chi connectivity index (χ2v) is 6.45. The molecule has 0 atom stereocenters. The largest absolute Gasteiger partial charge is 0.449 e. The van der Waals surface area contributed by atoms with E-state index in [4.69, 9.17) is 22.1 Å². The quantitative estimate of drug-likeness (QED) is 0.551. The van der Waals surface area contributed by atoms with E-state index in [0.717, 1.165) is 38.6 Å². The fourth-order valence-electron chi connectivity index (χ4n) is 3.19. The first-order valence-corrected chi connectivity index (χ1v) is 8.57. The number of carbonyl (C=O) groups is 1. The highest BCUT2D eigenvalue weighted by atomic mass is 35.5. The van der Waals surface area contributed by atoms with Gasteiger partial charge in [-0.1, -0.05) is 35.9 Å². The van der Waals surface area contributed by atoms with E-state index < -0.39 is 6.09 Å². The molecule has 0 bridgehead atoms. The van der Waals surface area contributed by atoms with E-state index in [0.29, 0.717) is 11.4 Å². The Morgan fingerprint density at radius 2 is 2.08 bits per heavy atom. The van der Waals surface area contributed by atoms with Crippen molar-refractivity contribution in [1.29, 1.82) is 0 Å². The molecule has 4 aromatic rings. The van der Waals surface area contributed by atoms with Crippen molar-refractivity contribution in [2.24, 2.45) is 5.73 Å². The number of benzene rings is 2. The van der Waals surface area contributed by atoms with Gasteiger partial charge in [0.2, 0.25) is 0 Å². The number of nitrogens with zero attached hydrogens (tertiary/aromatic N) is 1. The number of hydrogen-bond acceptors (Lipinski definition) is 3. The number of H-pyrrole nitrogens is 1. The highest BCUT2D eigenvalue weighted by Crippen LogP contribution is 2.34. The van der Waals surface area contributed by atoms with Crippen LogP contribution in [0.1, 0.15) is 5.56 Å². The van der Waals surface area contributed by atoms with E-state index >= 15 is 0 Å². The third-order valence-corrected chi connectivity index (χ3v) is 4.56. The van der Waals surface area contributed by atoms with Crippen LogP contribution in [0, 0.1) is 0 Å². The maximum Gasteiger partial charge on any atom is 0.404 e. The maximum atomic E-state index is 10.7. The zero-order valence-corrected chi connectivity index (χ0v) is 14.6. The summed E-state index contributed by atoms with van der Waals surface area (Å²) in [6, 6.07) is 15.9. The maximum absolute atomic E-state index is 10.7. The molecule has 1 amide bonds. The van der Waals surface area contributed by atoms with Crippen molar-refractivity contribution in [3.8, 4) is 11.1 Å². The zero-order valence-electron chi connectivity index (χ0n) is 13.8. The molecule has 4 rings (SSSR count). The molecule has 0 saturated heterocycles. The van der Waals surface area contributed by atoms with Gasteiger partial charge < -0.3 is 15.5 Å². The van der Waals surface area contributed by atoms with Crippen LogP contribution < -0.4 is 5.73 Å². The number of amides is 1. The van der Waals surface area contributed by atoms with E-state index in [9.17, 15) is 4.79 Å². The number of aromatic nitrogens is 2. The van der Waals surface area contributed by atoms with Gasteiger partial charge in [-0.25, -0.2) is 9.78 Å². The minimum atomic E-state index is -0.757. The van der Waals surface area contributed by atoms with E-state index in [2.05, 4.69) is 22.1 Å². The molecule has 0 aliphatic rings. The number of ether oxygens (including phenoxy) is 1. The zero-order chi connectivity index (χ0) is 18.1. The molecule has 0 radical (unpaired) electrons. The van der Waals surface area contributed by atoms with Crippen LogP contribution in [0.3, 0.4) is 0 Å². The monoisotopic (exact) mass is 365 g/mol. The summed E-state index contributed by atoms with van der Waals surface area (Å²) in [6.45, 7) is 0.257. The summed E-state index contributed by atoms with van der Waals surface area (Å²) in [5.41, 5.74) is 10.0. The Bertz CT molecular complexity index is 1120. The first-order chi connectivity index (χ1) is 12.6. The summed E-state index contributed by atoms with van der Waals surface area (Å²) in [6.07, 6.45) is 1.63. The van der Waals surface area contributed by atoms with E-state index in [-0.39, 0.29) is 6.61 Å². The summed E-state index contributed by atoms with van der Waals surface area (Å²) in [7, 11) is 0. The molecule has 3 N–H and O–H groups in total. The lowest BCUT2D eigenvalue weighted by atomic mass is 9.99. The summed E-state index contributed by atoms with van der Waals surface area (Å²) in [4.78, 5) is 18.5. The van der Waals surface area contributed by atoms with Gasteiger partial charge in [-0.15, -0.1) is 0 Å². The van der Waals surface area contributed by atoms with Crippen LogP contribution in [-0.2, 0) is 11.2 Å². The predicted octanol–water partition coefficient (Wildman–Crippen LogP) is 4.67. The van der Waals surface area contributed by atoms with Gasteiger partial charge in [0.05, 0.1) is 6.61 Å². The van der Waals surface area contributed by atoms with Gasteiger partial charge in [-0.05, 0) is 41.0 Å². The average Bonchev–Trinajstić information content (AvgIpc) is 2.99. The predicted molar refractivity (Wildman–Crippen MR) is 103 cm³/mol. The molecular formula is C20H16ClN3O2. The molecule has 2 aromatic carbocycles. The summed E-state index contributed by atoms with van der Waals surface area (Å²) in [5, 5.41) is 2.76. The van der Waals surface area contributed by atoms with Crippen LogP contribution in [0.15, 0.2) is 54.7 Å². The second-order valence-electron chi connectivity index (χ2n) is 6.01. The van der Waals surface area contributed by atoms with Crippen LogP contribution >= 0.6 is 11.6 Å². The van der Waals surface area contributed by atoms with Crippen molar-refractivity contribution in [3.05, 3.63) is 65.3 Å². The standard InChI is InChI=1S/C20H16ClN3O2/c21-14-4-5-17-16(11-14)18-15(6-8-23-19(18)24-17)13-3-1-2-12(10-13)7-9-26-20(22)25/h1-6,8,10-11H,7,9H2,(H2,22,25)(H,23,24). The first kappa shape index (κ1) is 16.4. The molecule has 5 nitrogen and oxygen atoms in total. The van der Waals surface area contributed by atoms with Crippen LogP contribution in [0.2, 0.25) is 5.02 Å². The van der Waals surface area contributed by atoms with Crippen molar-refractivity contribution < 1.29 is 9.53 Å². The third kappa shape index (κ3) is 3.09. The minimum absolute atomic E-state index is 0.257. The molecule has 0 aliphatic heterocycles. The fourth-order valence-corrected chi connectivity index (χ4v) is 3.37. The van der Waals surface area contributed by atoms with Crippen LogP contribution in [-0.4, -0.2) is 22.7 Å². The number of rotatable bonds is 4. The van der Waals surface area contributed by atoms with Gasteiger partial charge in [0, 0.05) is 33.9 Å². The lowest BCUT2D eigenvalue weighted by molar-refractivity contribution is 0.158. The number of hydrogen-bond donors (Lipinski definition) is 2. The Morgan fingerprint density at radius 3 is 2.92 bits per heavy atom. The van der Waals surface area contributed by atoms with Gasteiger partial charge in [0.1, 0.15) is 5.65 Å². The highest BCUT2D eigenvalue weighted by Gasteiger charge is 2.12. The smallest absolute Gasteiger partial charge is 0.404 e. The Balaban J connectivity index is 1.80. The van der Waals surface area contributed by atoms with Gasteiger partial charge in [0.15, 0.2) is 0 Å². The second kappa shape index (κ2) is 6.69. The molecule has 0 spiro atoms. The Labute approximate surface area is 154 Å². The number of nitrogens with one attached hydrogen (secondary N) is 1. The Kier molecular flexibility index (Phi) is 4.22. The first-order valence-electron chi connectivity index (χ1n) is 8.19. The molecular weight excluding hydrogens is 350 g/mol. The lowest BCUT2D eigenvalue weighted by Gasteiger charge is -2.07. The van der Waals surface area contributed by atoms with Crippen molar-refractivity contribution >= 4 is 39.6 Å². The van der Waals surface area contributed by atoms with Gasteiger partial charge in [-0.3, -0.25) is 0 Å². The molecule has 0 saturated carbocycles. The number of primary amides is 1. The Morgan fingerprint density at radius 1 is 1.19 bits per heavy atom. The lowest BCUT2D eigenvalue weighted by Crippen LogP contribution is -2.14. The van der Waals surface area contributed by atoms with Crippen LogP contribution in [0.5, 0.6) is 0 Å². The molecule has 6 heteroatoms. The number of halogens is 1. The summed E-state index contributed by atoms with van der Waals surface area (Å²) >= 11 is 6.20. The molecule has 26 heavy (non-hydrogen) atoms. The molecule has 130 valence electrons. The number of nitrogens with two attached hydrogens (primary N) is 1. The van der Waals surface area contributed by atoms with Crippen molar-refractivity contribution in [2.75, 3.05) is 6.61 Å². The van der Waals surface area contributed by atoms with Crippen LogP contribution in [0.25, 0.3) is 33.1 Å². The summed E-state index contributed by atoms with van der Waals surface area (Å²) in [5.74, 6) is 0. The fraction of sp³-hybridized carbons (Fsp3) is 0.100. The summed E-state index contributed by atoms with van der Waals surface area (Å²) < 4.78 is 4.83. The molecule has 2 aromatic heterocycles. The van der Waals surface area contributed by atoms with Crippen molar-refractivity contribution in [2.45, 2.75) is 6.42 Å². The van der Waals surface area contributed by atoms with Gasteiger partial charge >= 0.3 is 6.09 Å². The van der Waals surface area contributed by atoms with E-state index in [1.807, 2.05) is 36.4 Å². The molecule has 0 aliphatic carbocycles. The van der Waals surface area contributed by atoms with Crippen molar-refractivity contribution in [1.82, 2.24) is 9.97 Å². The Hall–Kier alpha value is -3.05. The van der Waals surface area contributed by atoms with Gasteiger partial charge in [0.25, 0.3) is 0 Å². The normalized spacial score (nSPS) is 11.1. The topological polar surface area (TPSA) is 81.0 Å². The highest BCUT2D eigenvalue weighted by molar-refractivity contribution is 6.32. The van der Waals surface area contributed by atoms with E-state index in [1.54, 1.807) is 6.20 Å². The average molecular weight is 366 g/mol. The third-order valence-electron chi connectivity index (χ3n) is 4.33.